The van der Waals surface area contributed by atoms with E-state index < -0.39 is 11.4 Å². The molecule has 1 saturated carbocycles. The Kier molecular flexibility index (Phi) is 4.74. The van der Waals surface area contributed by atoms with Gasteiger partial charge in [0, 0.05) is 25.6 Å². The first-order valence-corrected chi connectivity index (χ1v) is 9.87. The molecule has 2 saturated heterocycles. The lowest BCUT2D eigenvalue weighted by Crippen LogP contribution is -2.43. The Hall–Kier alpha value is -1.88. The van der Waals surface area contributed by atoms with E-state index in [2.05, 4.69) is 29.2 Å². The molecule has 26 heavy (non-hydrogen) atoms. The van der Waals surface area contributed by atoms with Gasteiger partial charge in [-0.2, -0.15) is 0 Å². The van der Waals surface area contributed by atoms with Crippen LogP contribution in [0.1, 0.15) is 37.7 Å². The van der Waals surface area contributed by atoms with E-state index in [1.54, 1.807) is 0 Å². The van der Waals surface area contributed by atoms with Crippen molar-refractivity contribution in [2.45, 2.75) is 38.6 Å². The van der Waals surface area contributed by atoms with Crippen molar-refractivity contribution in [3.05, 3.63) is 35.9 Å². The van der Waals surface area contributed by atoms with Crippen molar-refractivity contribution in [1.29, 1.82) is 0 Å². The summed E-state index contributed by atoms with van der Waals surface area (Å²) in [7, 11) is 0. The summed E-state index contributed by atoms with van der Waals surface area (Å²) in [5.74, 6) is -0.291. The Labute approximate surface area is 155 Å². The Morgan fingerprint density at radius 3 is 2.50 bits per heavy atom. The lowest BCUT2D eigenvalue weighted by atomic mass is 9.81. The molecule has 2 heterocycles. The number of carboxylic acid groups (broad SMARTS) is 1. The van der Waals surface area contributed by atoms with Crippen LogP contribution in [0, 0.1) is 17.3 Å². The van der Waals surface area contributed by atoms with E-state index in [1.807, 2.05) is 11.0 Å². The minimum Gasteiger partial charge on any atom is -0.481 e. The average Bonchev–Trinajstić information content (AvgIpc) is 3.21. The molecule has 2 aliphatic heterocycles. The van der Waals surface area contributed by atoms with Crippen molar-refractivity contribution in [2.75, 3.05) is 26.2 Å². The normalized spacial score (nSPS) is 29.7. The smallest absolute Gasteiger partial charge is 0.311 e. The van der Waals surface area contributed by atoms with E-state index in [0.29, 0.717) is 13.1 Å². The lowest BCUT2D eigenvalue weighted by molar-refractivity contribution is -0.149. The van der Waals surface area contributed by atoms with E-state index in [9.17, 15) is 14.7 Å². The van der Waals surface area contributed by atoms with Crippen molar-refractivity contribution in [1.82, 2.24) is 9.80 Å². The monoisotopic (exact) mass is 356 g/mol. The fourth-order valence-electron chi connectivity index (χ4n) is 5.24. The van der Waals surface area contributed by atoms with Crippen LogP contribution in [0.4, 0.5) is 0 Å². The SMILES string of the molecule is O=C(C1CCN(Cc2ccccc2)CC1)N1C[C@@H]2CCC[C@@]2(C(=O)O)C1. The Bertz CT molecular complexity index is 669. The highest BCUT2D eigenvalue weighted by atomic mass is 16.4. The molecule has 0 unspecified atom stereocenters. The molecule has 140 valence electrons. The summed E-state index contributed by atoms with van der Waals surface area (Å²) in [6.45, 7) is 3.89. The van der Waals surface area contributed by atoms with Gasteiger partial charge in [0.15, 0.2) is 0 Å². The summed E-state index contributed by atoms with van der Waals surface area (Å²) in [6.07, 6.45) is 4.43. The molecule has 0 aromatic heterocycles. The Morgan fingerprint density at radius 1 is 1.12 bits per heavy atom. The van der Waals surface area contributed by atoms with Gasteiger partial charge in [-0.05, 0) is 50.3 Å². The van der Waals surface area contributed by atoms with Crippen LogP contribution in [0.15, 0.2) is 30.3 Å². The molecule has 0 bridgehead atoms. The van der Waals surface area contributed by atoms with Crippen molar-refractivity contribution in [3.63, 3.8) is 0 Å². The van der Waals surface area contributed by atoms with Gasteiger partial charge in [-0.3, -0.25) is 14.5 Å². The Balaban J connectivity index is 1.32. The number of carboxylic acids is 1. The zero-order valence-electron chi connectivity index (χ0n) is 15.3. The number of carbonyl (C=O) groups excluding carboxylic acids is 1. The number of benzene rings is 1. The van der Waals surface area contributed by atoms with E-state index >= 15 is 0 Å². The quantitative estimate of drug-likeness (QED) is 0.901. The molecule has 1 aliphatic carbocycles. The largest absolute Gasteiger partial charge is 0.481 e. The predicted molar refractivity (Wildman–Crippen MR) is 98.4 cm³/mol. The molecule has 4 rings (SSSR count). The number of rotatable bonds is 4. The number of fused-ring (bicyclic) bond motifs is 1. The fraction of sp³-hybridized carbons (Fsp3) is 0.619. The Morgan fingerprint density at radius 2 is 1.85 bits per heavy atom. The van der Waals surface area contributed by atoms with E-state index in [1.165, 1.54) is 5.56 Å². The van der Waals surface area contributed by atoms with Crippen molar-refractivity contribution in [2.24, 2.45) is 17.3 Å². The first-order valence-electron chi connectivity index (χ1n) is 9.87. The maximum atomic E-state index is 13.0. The van der Waals surface area contributed by atoms with Gasteiger partial charge >= 0.3 is 5.97 Å². The number of carbonyl (C=O) groups is 2. The zero-order valence-corrected chi connectivity index (χ0v) is 15.3. The van der Waals surface area contributed by atoms with E-state index in [0.717, 1.165) is 51.7 Å². The molecule has 1 N–H and O–H groups in total. The first kappa shape index (κ1) is 17.5. The molecule has 3 fully saturated rings. The highest BCUT2D eigenvalue weighted by molar-refractivity contribution is 5.83. The molecule has 1 amide bonds. The zero-order chi connectivity index (χ0) is 18.1. The first-order chi connectivity index (χ1) is 12.6. The number of piperidine rings is 1. The lowest BCUT2D eigenvalue weighted by Gasteiger charge is -2.33. The maximum absolute atomic E-state index is 13.0. The molecule has 0 spiro atoms. The molecule has 1 aromatic carbocycles. The number of nitrogens with zero attached hydrogens (tertiary/aromatic N) is 2. The van der Waals surface area contributed by atoms with Crippen molar-refractivity contribution in [3.8, 4) is 0 Å². The van der Waals surface area contributed by atoms with Gasteiger partial charge in [0.25, 0.3) is 0 Å². The number of hydrogen-bond acceptors (Lipinski definition) is 3. The minimum absolute atomic E-state index is 0.0618. The average molecular weight is 356 g/mol. The molecule has 5 heteroatoms. The number of aliphatic carboxylic acids is 1. The van der Waals surface area contributed by atoms with Crippen molar-refractivity contribution < 1.29 is 14.7 Å². The topological polar surface area (TPSA) is 60.9 Å². The van der Waals surface area contributed by atoms with Crippen LogP contribution < -0.4 is 0 Å². The predicted octanol–water partition coefficient (Wildman–Crippen LogP) is 2.61. The van der Waals surface area contributed by atoms with E-state index in [-0.39, 0.29) is 17.7 Å². The van der Waals surface area contributed by atoms with Crippen LogP contribution in [0.25, 0.3) is 0 Å². The van der Waals surface area contributed by atoms with Crippen LogP contribution in [-0.2, 0) is 16.1 Å². The summed E-state index contributed by atoms with van der Waals surface area (Å²) in [5, 5.41) is 9.71. The maximum Gasteiger partial charge on any atom is 0.311 e. The van der Waals surface area contributed by atoms with Gasteiger partial charge < -0.3 is 10.0 Å². The standard InChI is InChI=1S/C21H28N2O3/c24-19(23-14-18-7-4-10-21(18,15-23)20(25)26)17-8-11-22(12-9-17)13-16-5-2-1-3-6-16/h1-3,5-6,17-18H,4,7-15H2,(H,25,26)/t18-,21+/m0/s1. The summed E-state index contributed by atoms with van der Waals surface area (Å²) in [5.41, 5.74) is 0.650. The highest BCUT2D eigenvalue weighted by Crippen LogP contribution is 2.49. The van der Waals surface area contributed by atoms with Gasteiger partial charge in [0.05, 0.1) is 5.41 Å². The minimum atomic E-state index is -0.701. The molecule has 2 atom stereocenters. The van der Waals surface area contributed by atoms with Gasteiger partial charge in [0.2, 0.25) is 5.91 Å². The van der Waals surface area contributed by atoms with Crippen molar-refractivity contribution >= 4 is 11.9 Å². The molecular weight excluding hydrogens is 328 g/mol. The van der Waals surface area contributed by atoms with Crippen LogP contribution in [0.2, 0.25) is 0 Å². The third-order valence-corrected chi connectivity index (χ3v) is 6.79. The molecule has 1 aromatic rings. The van der Waals surface area contributed by atoms with Gasteiger partial charge in [0.1, 0.15) is 0 Å². The highest BCUT2D eigenvalue weighted by Gasteiger charge is 2.56. The van der Waals surface area contributed by atoms with Gasteiger partial charge in [-0.25, -0.2) is 0 Å². The van der Waals surface area contributed by atoms with Crippen LogP contribution in [-0.4, -0.2) is 53.0 Å². The summed E-state index contributed by atoms with van der Waals surface area (Å²) in [6, 6.07) is 10.4. The summed E-state index contributed by atoms with van der Waals surface area (Å²) in [4.78, 5) is 29.1. The van der Waals surface area contributed by atoms with Gasteiger partial charge in [-0.15, -0.1) is 0 Å². The molecular formula is C21H28N2O3. The number of hydrogen-bond donors (Lipinski definition) is 1. The third-order valence-electron chi connectivity index (χ3n) is 6.79. The number of likely N-dealkylation sites (tertiary alicyclic amines) is 2. The second-order valence-corrected chi connectivity index (χ2v) is 8.31. The fourth-order valence-corrected chi connectivity index (χ4v) is 5.24. The van der Waals surface area contributed by atoms with E-state index in [4.69, 9.17) is 0 Å². The van der Waals surface area contributed by atoms with Crippen LogP contribution in [0.3, 0.4) is 0 Å². The second kappa shape index (κ2) is 7.03. The molecule has 0 radical (unpaired) electrons. The van der Waals surface area contributed by atoms with Gasteiger partial charge in [-0.1, -0.05) is 36.8 Å². The summed E-state index contributed by atoms with van der Waals surface area (Å²) >= 11 is 0. The van der Waals surface area contributed by atoms with Crippen LogP contribution >= 0.6 is 0 Å². The number of amides is 1. The second-order valence-electron chi connectivity index (χ2n) is 8.31. The third kappa shape index (κ3) is 3.13. The molecule has 3 aliphatic rings. The summed E-state index contributed by atoms with van der Waals surface area (Å²) < 4.78 is 0. The molecule has 5 nitrogen and oxygen atoms in total. The van der Waals surface area contributed by atoms with Crippen LogP contribution in [0.5, 0.6) is 0 Å².